The summed E-state index contributed by atoms with van der Waals surface area (Å²) < 4.78 is 8.26. The molecule has 1 amide bonds. The smallest absolute Gasteiger partial charge is 0.228 e. The van der Waals surface area contributed by atoms with Crippen LogP contribution in [0, 0.1) is 0 Å². The predicted molar refractivity (Wildman–Crippen MR) is 85.5 cm³/mol. The Labute approximate surface area is 132 Å². The maximum Gasteiger partial charge on any atom is 0.228 e. The second-order valence-corrected chi connectivity index (χ2v) is 5.77. The highest BCUT2D eigenvalue weighted by atomic mass is 79.9. The van der Waals surface area contributed by atoms with E-state index in [2.05, 4.69) is 26.3 Å². The van der Waals surface area contributed by atoms with Crippen molar-refractivity contribution in [2.24, 2.45) is 0 Å². The summed E-state index contributed by atoms with van der Waals surface area (Å²) in [6, 6.07) is 9.52. The van der Waals surface area contributed by atoms with E-state index in [1.165, 1.54) is 0 Å². The van der Waals surface area contributed by atoms with Crippen LogP contribution in [0.15, 0.2) is 41.0 Å². The molecule has 0 bridgehead atoms. The molecule has 6 heteroatoms. The first kappa shape index (κ1) is 15.6. The van der Waals surface area contributed by atoms with Gasteiger partial charge >= 0.3 is 0 Å². The van der Waals surface area contributed by atoms with Crippen LogP contribution in [-0.2, 0) is 4.79 Å². The molecule has 0 saturated carbocycles. The fourth-order valence-corrected chi connectivity index (χ4v) is 2.23. The van der Waals surface area contributed by atoms with Crippen molar-refractivity contribution >= 4 is 27.7 Å². The number of carbonyl (C=O) groups excluding carboxylic acids is 1. The number of hydrogen-bond donors (Lipinski definition) is 1. The van der Waals surface area contributed by atoms with E-state index >= 15 is 0 Å². The normalized spacial score (nSPS) is 10.7. The first-order valence-electron chi connectivity index (χ1n) is 6.78. The molecular weight excluding hydrogens is 334 g/mol. The van der Waals surface area contributed by atoms with E-state index in [0.717, 1.165) is 10.2 Å². The second kappa shape index (κ2) is 7.26. The molecule has 0 radical (unpaired) electrons. The van der Waals surface area contributed by atoms with Crippen molar-refractivity contribution in [1.82, 2.24) is 9.78 Å². The SMILES string of the molecule is CC(C)n1nccc1NC(=O)CCOc1cccc(Br)c1. The third kappa shape index (κ3) is 4.60. The van der Waals surface area contributed by atoms with Crippen LogP contribution in [0.5, 0.6) is 5.75 Å². The van der Waals surface area contributed by atoms with Crippen LogP contribution in [-0.4, -0.2) is 22.3 Å². The number of nitrogens with zero attached hydrogens (tertiary/aromatic N) is 2. The molecule has 1 aromatic carbocycles. The van der Waals surface area contributed by atoms with Crippen molar-refractivity contribution in [3.8, 4) is 5.75 Å². The first-order chi connectivity index (χ1) is 10.1. The van der Waals surface area contributed by atoms with E-state index in [9.17, 15) is 4.79 Å². The number of anilines is 1. The number of carbonyl (C=O) groups is 1. The maximum absolute atomic E-state index is 11.9. The lowest BCUT2D eigenvalue weighted by Gasteiger charge is -2.12. The number of amides is 1. The molecule has 0 aliphatic carbocycles. The quantitative estimate of drug-likeness (QED) is 0.864. The molecule has 21 heavy (non-hydrogen) atoms. The van der Waals surface area contributed by atoms with E-state index in [-0.39, 0.29) is 18.4 Å². The fraction of sp³-hybridized carbons (Fsp3) is 0.333. The van der Waals surface area contributed by atoms with Crippen LogP contribution in [0.4, 0.5) is 5.82 Å². The van der Waals surface area contributed by atoms with Gasteiger partial charge in [0.15, 0.2) is 0 Å². The molecule has 0 spiro atoms. The Morgan fingerprint density at radius 3 is 2.95 bits per heavy atom. The molecule has 0 fully saturated rings. The number of halogens is 1. The summed E-state index contributed by atoms with van der Waals surface area (Å²) in [5, 5.41) is 7.01. The Balaban J connectivity index is 1.81. The van der Waals surface area contributed by atoms with E-state index in [1.807, 2.05) is 38.1 Å². The number of rotatable bonds is 6. The van der Waals surface area contributed by atoms with E-state index < -0.39 is 0 Å². The summed E-state index contributed by atoms with van der Waals surface area (Å²) in [5.41, 5.74) is 0. The molecule has 112 valence electrons. The summed E-state index contributed by atoms with van der Waals surface area (Å²) in [7, 11) is 0. The molecule has 0 saturated heterocycles. The van der Waals surface area contributed by atoms with Gasteiger partial charge in [0.25, 0.3) is 0 Å². The van der Waals surface area contributed by atoms with Gasteiger partial charge in [-0.1, -0.05) is 22.0 Å². The highest BCUT2D eigenvalue weighted by molar-refractivity contribution is 9.10. The van der Waals surface area contributed by atoms with Crippen molar-refractivity contribution in [2.45, 2.75) is 26.3 Å². The lowest BCUT2D eigenvalue weighted by atomic mass is 10.3. The van der Waals surface area contributed by atoms with Crippen LogP contribution in [0.1, 0.15) is 26.3 Å². The number of nitrogens with one attached hydrogen (secondary N) is 1. The van der Waals surface area contributed by atoms with Crippen LogP contribution in [0.3, 0.4) is 0 Å². The van der Waals surface area contributed by atoms with Gasteiger partial charge < -0.3 is 10.1 Å². The molecule has 2 rings (SSSR count). The third-order valence-corrected chi connectivity index (χ3v) is 3.31. The number of aromatic nitrogens is 2. The average molecular weight is 352 g/mol. The molecule has 0 atom stereocenters. The van der Waals surface area contributed by atoms with Crippen LogP contribution in [0.2, 0.25) is 0 Å². The van der Waals surface area contributed by atoms with Gasteiger partial charge in [-0.15, -0.1) is 0 Å². The molecule has 5 nitrogen and oxygen atoms in total. The standard InChI is InChI=1S/C15H18BrN3O2/c1-11(2)19-14(6-8-17-19)18-15(20)7-9-21-13-5-3-4-12(16)10-13/h3-6,8,10-11H,7,9H2,1-2H3,(H,18,20). The summed E-state index contributed by atoms with van der Waals surface area (Å²) in [6.07, 6.45) is 1.96. The zero-order chi connectivity index (χ0) is 15.2. The zero-order valence-electron chi connectivity index (χ0n) is 12.0. The number of hydrogen-bond acceptors (Lipinski definition) is 3. The topological polar surface area (TPSA) is 56.2 Å². The van der Waals surface area contributed by atoms with Crippen LogP contribution < -0.4 is 10.1 Å². The van der Waals surface area contributed by atoms with Gasteiger partial charge in [0.1, 0.15) is 11.6 Å². The van der Waals surface area contributed by atoms with Crippen molar-refractivity contribution in [2.75, 3.05) is 11.9 Å². The summed E-state index contributed by atoms with van der Waals surface area (Å²) in [5.74, 6) is 1.36. The molecule has 1 heterocycles. The van der Waals surface area contributed by atoms with Crippen molar-refractivity contribution < 1.29 is 9.53 Å². The van der Waals surface area contributed by atoms with Gasteiger partial charge in [0.05, 0.1) is 19.2 Å². The third-order valence-electron chi connectivity index (χ3n) is 2.82. The minimum absolute atomic E-state index is 0.0904. The van der Waals surface area contributed by atoms with E-state index in [0.29, 0.717) is 12.4 Å². The van der Waals surface area contributed by atoms with Crippen molar-refractivity contribution in [3.05, 3.63) is 41.0 Å². The van der Waals surface area contributed by atoms with E-state index in [1.54, 1.807) is 16.9 Å². The Bertz CT molecular complexity index is 610. The summed E-state index contributed by atoms with van der Waals surface area (Å²) in [6.45, 7) is 4.36. The van der Waals surface area contributed by atoms with Gasteiger partial charge in [-0.3, -0.25) is 4.79 Å². The van der Waals surface area contributed by atoms with Crippen molar-refractivity contribution in [3.63, 3.8) is 0 Å². The Morgan fingerprint density at radius 2 is 2.24 bits per heavy atom. The lowest BCUT2D eigenvalue weighted by molar-refractivity contribution is -0.116. The Kier molecular flexibility index (Phi) is 5.38. The van der Waals surface area contributed by atoms with Crippen LogP contribution >= 0.6 is 15.9 Å². The summed E-state index contributed by atoms with van der Waals surface area (Å²) in [4.78, 5) is 11.9. The molecule has 1 N–H and O–H groups in total. The lowest BCUT2D eigenvalue weighted by Crippen LogP contribution is -2.18. The maximum atomic E-state index is 11.9. The predicted octanol–water partition coefficient (Wildman–Crippen LogP) is 3.63. The number of benzene rings is 1. The van der Waals surface area contributed by atoms with Gasteiger partial charge in [-0.05, 0) is 32.0 Å². The van der Waals surface area contributed by atoms with Crippen molar-refractivity contribution in [1.29, 1.82) is 0 Å². The van der Waals surface area contributed by atoms with E-state index in [4.69, 9.17) is 4.74 Å². The average Bonchev–Trinajstić information content (AvgIpc) is 2.87. The molecule has 0 unspecified atom stereocenters. The van der Waals surface area contributed by atoms with Gasteiger partial charge in [-0.2, -0.15) is 5.10 Å². The molecule has 0 aliphatic heterocycles. The van der Waals surface area contributed by atoms with Gasteiger partial charge in [-0.25, -0.2) is 4.68 Å². The number of ether oxygens (including phenoxy) is 1. The highest BCUT2D eigenvalue weighted by Gasteiger charge is 2.09. The Morgan fingerprint density at radius 1 is 1.43 bits per heavy atom. The molecule has 2 aromatic rings. The molecule has 1 aromatic heterocycles. The highest BCUT2D eigenvalue weighted by Crippen LogP contribution is 2.18. The minimum atomic E-state index is -0.0904. The van der Waals surface area contributed by atoms with Gasteiger partial charge in [0.2, 0.25) is 5.91 Å². The van der Waals surface area contributed by atoms with Gasteiger partial charge in [0, 0.05) is 16.6 Å². The fourth-order valence-electron chi connectivity index (χ4n) is 1.85. The minimum Gasteiger partial charge on any atom is -0.493 e. The summed E-state index contributed by atoms with van der Waals surface area (Å²) >= 11 is 3.38. The molecular formula is C15H18BrN3O2. The monoisotopic (exact) mass is 351 g/mol. The zero-order valence-corrected chi connectivity index (χ0v) is 13.6. The first-order valence-corrected chi connectivity index (χ1v) is 7.57. The van der Waals surface area contributed by atoms with Crippen LogP contribution in [0.25, 0.3) is 0 Å². The second-order valence-electron chi connectivity index (χ2n) is 4.86. The Hall–Kier alpha value is -1.82. The largest absolute Gasteiger partial charge is 0.493 e. The molecule has 0 aliphatic rings.